The SMILES string of the molecule is O=C(Nc1ccnn1Cc1ccccc1Cl)C1CC1. The Morgan fingerprint density at radius 2 is 2.16 bits per heavy atom. The maximum atomic E-state index is 11.8. The van der Waals surface area contributed by atoms with Gasteiger partial charge < -0.3 is 5.32 Å². The van der Waals surface area contributed by atoms with Gasteiger partial charge in [0, 0.05) is 17.0 Å². The van der Waals surface area contributed by atoms with Gasteiger partial charge in [-0.3, -0.25) is 4.79 Å². The molecule has 0 spiro atoms. The van der Waals surface area contributed by atoms with Crippen molar-refractivity contribution in [3.8, 4) is 0 Å². The number of carbonyl (C=O) groups excluding carboxylic acids is 1. The third kappa shape index (κ3) is 2.79. The summed E-state index contributed by atoms with van der Waals surface area (Å²) in [6.07, 6.45) is 3.66. The van der Waals surface area contributed by atoms with E-state index in [4.69, 9.17) is 11.6 Å². The number of halogens is 1. The van der Waals surface area contributed by atoms with E-state index in [1.165, 1.54) is 0 Å². The summed E-state index contributed by atoms with van der Waals surface area (Å²) in [7, 11) is 0. The first-order chi connectivity index (χ1) is 9.24. The summed E-state index contributed by atoms with van der Waals surface area (Å²) in [4.78, 5) is 11.8. The van der Waals surface area contributed by atoms with E-state index in [9.17, 15) is 4.79 Å². The first kappa shape index (κ1) is 12.2. The highest BCUT2D eigenvalue weighted by Gasteiger charge is 2.30. The van der Waals surface area contributed by atoms with Gasteiger partial charge in [-0.15, -0.1) is 0 Å². The Kier molecular flexibility index (Phi) is 3.25. The van der Waals surface area contributed by atoms with E-state index in [1.807, 2.05) is 24.3 Å². The monoisotopic (exact) mass is 275 g/mol. The molecule has 4 nitrogen and oxygen atoms in total. The first-order valence-electron chi connectivity index (χ1n) is 6.30. The molecule has 1 saturated carbocycles. The summed E-state index contributed by atoms with van der Waals surface area (Å²) in [6, 6.07) is 9.44. The Hall–Kier alpha value is -1.81. The fourth-order valence-electron chi connectivity index (χ4n) is 1.93. The summed E-state index contributed by atoms with van der Waals surface area (Å²) < 4.78 is 1.75. The van der Waals surface area contributed by atoms with Gasteiger partial charge in [-0.25, -0.2) is 4.68 Å². The van der Waals surface area contributed by atoms with E-state index < -0.39 is 0 Å². The third-order valence-electron chi connectivity index (χ3n) is 3.19. The Labute approximate surface area is 116 Å². The second-order valence-corrected chi connectivity index (χ2v) is 5.14. The molecular weight excluding hydrogens is 262 g/mol. The van der Waals surface area contributed by atoms with Crippen molar-refractivity contribution in [2.45, 2.75) is 19.4 Å². The number of carbonyl (C=O) groups is 1. The number of anilines is 1. The molecule has 5 heteroatoms. The van der Waals surface area contributed by atoms with Crippen molar-refractivity contribution in [2.24, 2.45) is 5.92 Å². The predicted octanol–water partition coefficient (Wildman–Crippen LogP) is 2.93. The standard InChI is InChI=1S/C14H14ClN3O/c15-12-4-2-1-3-11(12)9-18-13(7-8-16-18)17-14(19)10-5-6-10/h1-4,7-8,10H,5-6,9H2,(H,17,19). The topological polar surface area (TPSA) is 46.9 Å². The Morgan fingerprint density at radius 3 is 2.89 bits per heavy atom. The van der Waals surface area contributed by atoms with Crippen LogP contribution < -0.4 is 5.32 Å². The van der Waals surface area contributed by atoms with Gasteiger partial charge in [-0.05, 0) is 24.5 Å². The summed E-state index contributed by atoms with van der Waals surface area (Å²) in [5.41, 5.74) is 0.981. The molecule has 0 unspecified atom stereocenters. The van der Waals surface area contributed by atoms with Crippen LogP contribution in [0.25, 0.3) is 0 Å². The fourth-order valence-corrected chi connectivity index (χ4v) is 2.12. The second kappa shape index (κ2) is 5.05. The quantitative estimate of drug-likeness (QED) is 0.933. The molecule has 1 aliphatic rings. The van der Waals surface area contributed by atoms with Crippen LogP contribution in [0.15, 0.2) is 36.5 Å². The molecule has 19 heavy (non-hydrogen) atoms. The highest BCUT2D eigenvalue weighted by atomic mass is 35.5. The molecule has 98 valence electrons. The van der Waals surface area contributed by atoms with Crippen LogP contribution in [0.4, 0.5) is 5.82 Å². The third-order valence-corrected chi connectivity index (χ3v) is 3.56. The van der Waals surface area contributed by atoms with Crippen LogP contribution in [0.5, 0.6) is 0 Å². The minimum atomic E-state index is 0.0842. The molecule has 0 atom stereocenters. The van der Waals surface area contributed by atoms with E-state index in [0.29, 0.717) is 11.6 Å². The second-order valence-electron chi connectivity index (χ2n) is 4.73. The van der Waals surface area contributed by atoms with Crippen molar-refractivity contribution in [3.05, 3.63) is 47.1 Å². The average molecular weight is 276 g/mol. The Bertz CT molecular complexity index is 604. The minimum absolute atomic E-state index is 0.0842. The Morgan fingerprint density at radius 1 is 1.37 bits per heavy atom. The maximum absolute atomic E-state index is 11.8. The molecule has 0 aliphatic heterocycles. The van der Waals surface area contributed by atoms with Gasteiger partial charge in [-0.1, -0.05) is 29.8 Å². The molecule has 2 aromatic rings. The van der Waals surface area contributed by atoms with Gasteiger partial charge in [0.25, 0.3) is 0 Å². The van der Waals surface area contributed by atoms with Crippen molar-refractivity contribution < 1.29 is 4.79 Å². The number of amides is 1. The van der Waals surface area contributed by atoms with Crippen LogP contribution in [-0.2, 0) is 11.3 Å². The number of hydrogen-bond donors (Lipinski definition) is 1. The summed E-state index contributed by atoms with van der Waals surface area (Å²) >= 11 is 6.13. The average Bonchev–Trinajstić information content (AvgIpc) is 3.17. The first-order valence-corrected chi connectivity index (χ1v) is 6.68. The van der Waals surface area contributed by atoms with Crippen LogP contribution >= 0.6 is 11.6 Å². The molecule has 1 aliphatic carbocycles. The van der Waals surface area contributed by atoms with Crippen molar-refractivity contribution in [1.82, 2.24) is 9.78 Å². The van der Waals surface area contributed by atoms with Crippen LogP contribution in [0.3, 0.4) is 0 Å². The summed E-state index contributed by atoms with van der Waals surface area (Å²) in [6.45, 7) is 0.549. The summed E-state index contributed by atoms with van der Waals surface area (Å²) in [5, 5.41) is 7.85. The van der Waals surface area contributed by atoms with Crippen LogP contribution in [0.2, 0.25) is 5.02 Å². The molecular formula is C14H14ClN3O. The number of nitrogens with zero attached hydrogens (tertiary/aromatic N) is 2. The van der Waals surface area contributed by atoms with Crippen molar-refractivity contribution in [1.29, 1.82) is 0 Å². The predicted molar refractivity (Wildman–Crippen MR) is 74.1 cm³/mol. The number of hydrogen-bond acceptors (Lipinski definition) is 2. The van der Waals surface area contributed by atoms with E-state index in [1.54, 1.807) is 16.9 Å². The molecule has 1 N–H and O–H groups in total. The zero-order valence-electron chi connectivity index (χ0n) is 10.3. The van der Waals surface area contributed by atoms with E-state index in [2.05, 4.69) is 10.4 Å². The lowest BCUT2D eigenvalue weighted by atomic mass is 10.2. The number of benzene rings is 1. The van der Waals surface area contributed by atoms with Crippen molar-refractivity contribution in [2.75, 3.05) is 5.32 Å². The molecule has 1 amide bonds. The van der Waals surface area contributed by atoms with Crippen molar-refractivity contribution >= 4 is 23.3 Å². The number of rotatable bonds is 4. The van der Waals surface area contributed by atoms with Crippen LogP contribution in [-0.4, -0.2) is 15.7 Å². The van der Waals surface area contributed by atoms with Gasteiger partial charge in [0.1, 0.15) is 5.82 Å². The maximum Gasteiger partial charge on any atom is 0.228 e. The zero-order chi connectivity index (χ0) is 13.2. The molecule has 0 saturated heterocycles. The normalized spacial score (nSPS) is 14.4. The largest absolute Gasteiger partial charge is 0.311 e. The number of aromatic nitrogens is 2. The highest BCUT2D eigenvalue weighted by Crippen LogP contribution is 2.30. The molecule has 3 rings (SSSR count). The van der Waals surface area contributed by atoms with Gasteiger partial charge in [0.05, 0.1) is 12.7 Å². The zero-order valence-corrected chi connectivity index (χ0v) is 11.1. The van der Waals surface area contributed by atoms with Gasteiger partial charge in [-0.2, -0.15) is 5.10 Å². The lowest BCUT2D eigenvalue weighted by molar-refractivity contribution is -0.117. The van der Waals surface area contributed by atoms with E-state index in [-0.39, 0.29) is 11.8 Å². The van der Waals surface area contributed by atoms with E-state index >= 15 is 0 Å². The minimum Gasteiger partial charge on any atom is -0.311 e. The number of nitrogens with one attached hydrogen (secondary N) is 1. The Balaban J connectivity index is 1.76. The lowest BCUT2D eigenvalue weighted by Gasteiger charge is -2.09. The van der Waals surface area contributed by atoms with Gasteiger partial charge in [0.2, 0.25) is 5.91 Å². The lowest BCUT2D eigenvalue weighted by Crippen LogP contribution is -2.17. The fraction of sp³-hybridized carbons (Fsp3) is 0.286. The van der Waals surface area contributed by atoms with Crippen LogP contribution in [0, 0.1) is 5.92 Å². The highest BCUT2D eigenvalue weighted by molar-refractivity contribution is 6.31. The van der Waals surface area contributed by atoms with Gasteiger partial charge in [0.15, 0.2) is 0 Å². The molecule has 1 aromatic heterocycles. The molecule has 0 bridgehead atoms. The van der Waals surface area contributed by atoms with Crippen LogP contribution in [0.1, 0.15) is 18.4 Å². The molecule has 1 aromatic carbocycles. The molecule has 1 heterocycles. The molecule has 0 radical (unpaired) electrons. The summed E-state index contributed by atoms with van der Waals surface area (Å²) in [5.74, 6) is 0.987. The molecule has 1 fully saturated rings. The smallest absolute Gasteiger partial charge is 0.228 e. The van der Waals surface area contributed by atoms with Gasteiger partial charge >= 0.3 is 0 Å². The van der Waals surface area contributed by atoms with Crippen molar-refractivity contribution in [3.63, 3.8) is 0 Å². The van der Waals surface area contributed by atoms with E-state index in [0.717, 1.165) is 24.2 Å².